The van der Waals surface area contributed by atoms with Gasteiger partial charge in [-0.25, -0.2) is 9.97 Å². The predicted octanol–water partition coefficient (Wildman–Crippen LogP) is 4.26. The zero-order valence-corrected chi connectivity index (χ0v) is 18.5. The molecule has 1 saturated heterocycles. The summed E-state index contributed by atoms with van der Waals surface area (Å²) in [6.45, 7) is 11.3. The molecule has 0 atom stereocenters. The van der Waals surface area contributed by atoms with E-state index in [1.165, 1.54) is 11.3 Å². The molecule has 3 aromatic heterocycles. The number of aliphatic hydroxyl groups excluding tert-OH is 1. The molecule has 1 N–H and O–H groups in total. The number of amides is 1. The monoisotopic (exact) mass is 412 g/mol. The van der Waals surface area contributed by atoms with Crippen molar-refractivity contribution in [3.8, 4) is 10.6 Å². The Labute approximate surface area is 175 Å². The molecule has 6 nitrogen and oxygen atoms in total. The molecule has 0 aromatic carbocycles. The second kappa shape index (κ2) is 7.54. The maximum Gasteiger partial charge on any atom is 0.264 e. The Morgan fingerprint density at radius 3 is 2.52 bits per heavy atom. The highest BCUT2D eigenvalue weighted by atomic mass is 32.1. The summed E-state index contributed by atoms with van der Waals surface area (Å²) in [5.41, 5.74) is 5.77. The number of carbonyl (C=O) groups is 1. The zero-order chi connectivity index (χ0) is 20.9. The average molecular weight is 413 g/mol. The fourth-order valence-electron chi connectivity index (χ4n) is 4.06. The third kappa shape index (κ3) is 3.36. The van der Waals surface area contributed by atoms with Gasteiger partial charge >= 0.3 is 0 Å². The molecule has 0 radical (unpaired) electrons. The number of aromatic nitrogens is 3. The zero-order valence-electron chi connectivity index (χ0n) is 17.7. The van der Waals surface area contributed by atoms with Crippen molar-refractivity contribution < 1.29 is 9.90 Å². The standard InChI is InChI=1S/C22H28N4O2S/c1-6-15(7-2)26-9-13(4)18-21(26)23-14(5)19(24-18)20-12(3)8-17(29-20)22(28)25-10-16(27)11-25/h8-9,15-16,27H,6-7,10-11H2,1-5H3. The number of β-amino-alcohol motifs (C(OH)–C–C–N with tert-alkyl or cyclic N) is 1. The van der Waals surface area contributed by atoms with Gasteiger partial charge in [-0.15, -0.1) is 11.3 Å². The lowest BCUT2D eigenvalue weighted by molar-refractivity contribution is 0.00622. The number of aliphatic hydroxyl groups is 1. The summed E-state index contributed by atoms with van der Waals surface area (Å²) in [5, 5.41) is 9.48. The third-order valence-electron chi connectivity index (χ3n) is 5.83. The molecule has 0 bridgehead atoms. The molecule has 7 heteroatoms. The molecule has 3 aromatic rings. The molecule has 4 heterocycles. The number of fused-ring (bicyclic) bond motifs is 1. The molecular formula is C22H28N4O2S. The lowest BCUT2D eigenvalue weighted by Crippen LogP contribution is -2.53. The quantitative estimate of drug-likeness (QED) is 0.680. The average Bonchev–Trinajstić information content (AvgIpc) is 3.19. The largest absolute Gasteiger partial charge is 0.389 e. The number of nitrogens with zero attached hydrogens (tertiary/aromatic N) is 4. The molecule has 4 rings (SSSR count). The van der Waals surface area contributed by atoms with Crippen molar-refractivity contribution >= 4 is 28.4 Å². The van der Waals surface area contributed by atoms with Gasteiger partial charge in [-0.1, -0.05) is 13.8 Å². The van der Waals surface area contributed by atoms with Gasteiger partial charge in [0.05, 0.1) is 21.6 Å². The summed E-state index contributed by atoms with van der Waals surface area (Å²) in [6, 6.07) is 2.35. The topological polar surface area (TPSA) is 71.2 Å². The smallest absolute Gasteiger partial charge is 0.264 e. The van der Waals surface area contributed by atoms with E-state index >= 15 is 0 Å². The van der Waals surface area contributed by atoms with Gasteiger partial charge in [0, 0.05) is 25.3 Å². The highest BCUT2D eigenvalue weighted by Gasteiger charge is 2.31. The molecule has 0 saturated carbocycles. The van der Waals surface area contributed by atoms with Crippen LogP contribution in [0, 0.1) is 20.8 Å². The number of aryl methyl sites for hydroxylation is 3. The summed E-state index contributed by atoms with van der Waals surface area (Å²) >= 11 is 1.47. The van der Waals surface area contributed by atoms with Crippen molar-refractivity contribution in [1.29, 1.82) is 0 Å². The first-order valence-electron chi connectivity index (χ1n) is 10.3. The van der Waals surface area contributed by atoms with Crippen LogP contribution < -0.4 is 0 Å². The number of hydrogen-bond acceptors (Lipinski definition) is 5. The fourth-order valence-corrected chi connectivity index (χ4v) is 5.24. The number of rotatable bonds is 5. The minimum absolute atomic E-state index is 0.0163. The first kappa shape index (κ1) is 20.0. The normalized spacial score (nSPS) is 14.8. The van der Waals surface area contributed by atoms with Crippen molar-refractivity contribution in [2.45, 2.75) is 59.6 Å². The maximum atomic E-state index is 12.7. The number of likely N-dealkylation sites (tertiary alicyclic amines) is 1. The molecule has 1 aliphatic heterocycles. The van der Waals surface area contributed by atoms with Crippen LogP contribution in [0.2, 0.25) is 0 Å². The van der Waals surface area contributed by atoms with Crippen LogP contribution in [-0.4, -0.2) is 49.6 Å². The van der Waals surface area contributed by atoms with Crippen molar-refractivity contribution in [3.63, 3.8) is 0 Å². The van der Waals surface area contributed by atoms with Crippen LogP contribution in [0.25, 0.3) is 21.7 Å². The Bertz CT molecular complexity index is 1070. The Balaban J connectivity index is 1.76. The second-order valence-corrected chi connectivity index (χ2v) is 9.06. The van der Waals surface area contributed by atoms with Gasteiger partial charge in [-0.05, 0) is 50.8 Å². The van der Waals surface area contributed by atoms with E-state index in [1.807, 2.05) is 19.9 Å². The van der Waals surface area contributed by atoms with Crippen LogP contribution in [0.4, 0.5) is 0 Å². The van der Waals surface area contributed by atoms with E-state index in [2.05, 4.69) is 31.5 Å². The second-order valence-electron chi connectivity index (χ2n) is 8.01. The number of thiophene rings is 1. The molecule has 29 heavy (non-hydrogen) atoms. The minimum atomic E-state index is -0.392. The van der Waals surface area contributed by atoms with Crippen LogP contribution in [0.5, 0.6) is 0 Å². The predicted molar refractivity (Wildman–Crippen MR) is 117 cm³/mol. The maximum absolute atomic E-state index is 12.7. The molecular weight excluding hydrogens is 384 g/mol. The molecule has 0 spiro atoms. The van der Waals surface area contributed by atoms with Gasteiger partial charge in [-0.3, -0.25) is 4.79 Å². The van der Waals surface area contributed by atoms with Crippen LogP contribution in [0.3, 0.4) is 0 Å². The fraction of sp³-hybridized carbons (Fsp3) is 0.500. The molecule has 0 aliphatic carbocycles. The van der Waals surface area contributed by atoms with Gasteiger partial charge in [0.25, 0.3) is 5.91 Å². The van der Waals surface area contributed by atoms with Gasteiger partial charge in [-0.2, -0.15) is 0 Å². The van der Waals surface area contributed by atoms with E-state index in [-0.39, 0.29) is 5.91 Å². The Morgan fingerprint density at radius 2 is 1.90 bits per heavy atom. The van der Waals surface area contributed by atoms with Crippen LogP contribution in [-0.2, 0) is 0 Å². The summed E-state index contributed by atoms with van der Waals surface area (Å²) in [6.07, 6.45) is 3.89. The Morgan fingerprint density at radius 1 is 1.21 bits per heavy atom. The van der Waals surface area contributed by atoms with E-state index in [9.17, 15) is 9.90 Å². The lowest BCUT2D eigenvalue weighted by atomic mass is 10.1. The van der Waals surface area contributed by atoms with Crippen molar-refractivity contribution in [1.82, 2.24) is 19.4 Å². The van der Waals surface area contributed by atoms with Gasteiger partial charge in [0.1, 0.15) is 11.2 Å². The van der Waals surface area contributed by atoms with E-state index in [1.54, 1.807) is 4.90 Å². The summed E-state index contributed by atoms with van der Waals surface area (Å²) < 4.78 is 2.26. The lowest BCUT2D eigenvalue weighted by Gasteiger charge is -2.35. The SMILES string of the molecule is CCC(CC)n1cc(C)c2nc(-c3sc(C(=O)N4CC(O)C4)cc3C)c(C)nc21. The highest BCUT2D eigenvalue weighted by molar-refractivity contribution is 7.17. The van der Waals surface area contributed by atoms with Gasteiger partial charge in [0.15, 0.2) is 5.65 Å². The van der Waals surface area contributed by atoms with Gasteiger partial charge in [0.2, 0.25) is 0 Å². The van der Waals surface area contributed by atoms with E-state index in [0.717, 1.165) is 51.4 Å². The van der Waals surface area contributed by atoms with E-state index < -0.39 is 6.10 Å². The minimum Gasteiger partial charge on any atom is -0.389 e. The Hall–Kier alpha value is -2.25. The highest BCUT2D eigenvalue weighted by Crippen LogP contribution is 2.36. The van der Waals surface area contributed by atoms with Crippen LogP contribution >= 0.6 is 11.3 Å². The van der Waals surface area contributed by atoms with E-state index in [4.69, 9.17) is 9.97 Å². The Kier molecular flexibility index (Phi) is 5.21. The first-order valence-corrected chi connectivity index (χ1v) is 11.1. The first-order chi connectivity index (χ1) is 13.8. The van der Waals surface area contributed by atoms with Crippen LogP contribution in [0.1, 0.15) is 59.2 Å². The summed E-state index contributed by atoms with van der Waals surface area (Å²) in [4.78, 5) is 26.0. The van der Waals surface area contributed by atoms with Crippen molar-refractivity contribution in [3.05, 3.63) is 34.0 Å². The number of carbonyl (C=O) groups excluding carboxylic acids is 1. The molecule has 0 unspecified atom stereocenters. The van der Waals surface area contributed by atoms with Crippen molar-refractivity contribution in [2.24, 2.45) is 0 Å². The van der Waals surface area contributed by atoms with Crippen molar-refractivity contribution in [2.75, 3.05) is 13.1 Å². The summed E-state index contributed by atoms with van der Waals surface area (Å²) in [7, 11) is 0. The third-order valence-corrected chi connectivity index (χ3v) is 7.06. The molecule has 1 aliphatic rings. The molecule has 1 fully saturated rings. The summed E-state index contributed by atoms with van der Waals surface area (Å²) in [5.74, 6) is -0.0163. The molecule has 154 valence electrons. The van der Waals surface area contributed by atoms with Crippen LogP contribution in [0.15, 0.2) is 12.3 Å². The number of hydrogen-bond donors (Lipinski definition) is 1. The van der Waals surface area contributed by atoms with Gasteiger partial charge < -0.3 is 14.6 Å². The molecule has 1 amide bonds. The van der Waals surface area contributed by atoms with E-state index in [0.29, 0.717) is 24.0 Å².